The molecule has 0 aromatic carbocycles. The average Bonchev–Trinajstić information content (AvgIpc) is 2.60. The summed E-state index contributed by atoms with van der Waals surface area (Å²) in [4.78, 5) is 45.5. The van der Waals surface area contributed by atoms with E-state index < -0.39 is 11.8 Å². The molecule has 0 aromatic heterocycles. The van der Waals surface area contributed by atoms with Crippen LogP contribution in [0, 0.1) is 5.92 Å². The van der Waals surface area contributed by atoms with Gasteiger partial charge in [-0.1, -0.05) is 20.3 Å². The minimum atomic E-state index is -0.455. The molecule has 0 aliphatic rings. The molecule has 0 aliphatic carbocycles. The van der Waals surface area contributed by atoms with Crippen molar-refractivity contribution in [1.82, 2.24) is 21.3 Å². The monoisotopic (exact) mass is 371 g/mol. The molecule has 9 nitrogen and oxygen atoms in total. The third kappa shape index (κ3) is 13.2. The van der Waals surface area contributed by atoms with Crippen molar-refractivity contribution < 1.29 is 19.2 Å². The van der Waals surface area contributed by atoms with Crippen LogP contribution in [0.1, 0.15) is 46.5 Å². The predicted molar refractivity (Wildman–Crippen MR) is 99.0 cm³/mol. The average molecular weight is 371 g/mol. The fourth-order valence-corrected chi connectivity index (χ4v) is 1.86. The Hall–Kier alpha value is -2.16. The molecule has 0 heterocycles. The van der Waals surface area contributed by atoms with Crippen LogP contribution >= 0.6 is 0 Å². The highest BCUT2D eigenvalue weighted by Gasteiger charge is 2.10. The number of nitrogens with two attached hydrogens (primary N) is 1. The highest BCUT2D eigenvalue weighted by Crippen LogP contribution is 2.03. The fourth-order valence-electron chi connectivity index (χ4n) is 1.86. The van der Waals surface area contributed by atoms with E-state index in [2.05, 4.69) is 35.1 Å². The van der Waals surface area contributed by atoms with E-state index in [1.54, 1.807) is 0 Å². The highest BCUT2D eigenvalue weighted by atomic mass is 16.2. The Labute approximate surface area is 155 Å². The molecule has 4 amide bonds. The zero-order valence-corrected chi connectivity index (χ0v) is 16.0. The molecule has 0 unspecified atom stereocenters. The molecular weight excluding hydrogens is 338 g/mol. The van der Waals surface area contributed by atoms with Crippen LogP contribution in [0.15, 0.2) is 0 Å². The van der Waals surface area contributed by atoms with Gasteiger partial charge in [0.05, 0.1) is 19.6 Å². The van der Waals surface area contributed by atoms with Crippen LogP contribution in [0.5, 0.6) is 0 Å². The second-order valence-corrected chi connectivity index (χ2v) is 6.52. The second-order valence-electron chi connectivity index (χ2n) is 6.52. The molecule has 0 radical (unpaired) electrons. The van der Waals surface area contributed by atoms with E-state index in [1.807, 2.05) is 6.92 Å². The third-order valence-electron chi connectivity index (χ3n) is 3.87. The zero-order chi connectivity index (χ0) is 19.9. The summed E-state index contributed by atoms with van der Waals surface area (Å²) >= 11 is 0. The molecule has 1 atom stereocenters. The summed E-state index contributed by atoms with van der Waals surface area (Å²) in [6.07, 6.45) is 2.85. The minimum Gasteiger partial charge on any atom is -0.355 e. The molecule has 0 saturated heterocycles. The van der Waals surface area contributed by atoms with Crippen LogP contribution in [-0.4, -0.2) is 55.8 Å². The highest BCUT2D eigenvalue weighted by molar-refractivity contribution is 5.88. The number of unbranched alkanes of at least 4 members (excludes halogenated alkanes) is 2. The van der Waals surface area contributed by atoms with Gasteiger partial charge in [0.2, 0.25) is 23.6 Å². The molecule has 0 spiro atoms. The lowest BCUT2D eigenvalue weighted by molar-refractivity contribution is -0.127. The van der Waals surface area contributed by atoms with Crippen LogP contribution < -0.4 is 27.0 Å². The number of hydrogen-bond acceptors (Lipinski definition) is 5. The van der Waals surface area contributed by atoms with Crippen molar-refractivity contribution in [2.45, 2.75) is 52.5 Å². The van der Waals surface area contributed by atoms with Gasteiger partial charge in [-0.15, -0.1) is 0 Å². The molecule has 150 valence electrons. The summed E-state index contributed by atoms with van der Waals surface area (Å²) in [7, 11) is 0. The number of rotatable bonds is 13. The lowest BCUT2D eigenvalue weighted by atomic mass is 10.1. The van der Waals surface area contributed by atoms with Crippen molar-refractivity contribution in [3.05, 3.63) is 0 Å². The molecule has 0 aliphatic heterocycles. The van der Waals surface area contributed by atoms with Gasteiger partial charge < -0.3 is 27.0 Å². The minimum absolute atomic E-state index is 0.0553. The van der Waals surface area contributed by atoms with E-state index in [-0.39, 0.29) is 37.5 Å². The maximum atomic E-state index is 11.7. The van der Waals surface area contributed by atoms with Gasteiger partial charge in [0.1, 0.15) is 0 Å². The Bertz CT molecular complexity index is 468. The lowest BCUT2D eigenvalue weighted by Gasteiger charge is -2.17. The van der Waals surface area contributed by atoms with Gasteiger partial charge in [-0.25, -0.2) is 0 Å². The van der Waals surface area contributed by atoms with E-state index in [0.717, 1.165) is 19.3 Å². The molecule has 9 heteroatoms. The lowest BCUT2D eigenvalue weighted by Crippen LogP contribution is -2.43. The summed E-state index contributed by atoms with van der Waals surface area (Å²) in [6.45, 7) is 6.06. The van der Waals surface area contributed by atoms with Crippen molar-refractivity contribution >= 4 is 23.6 Å². The van der Waals surface area contributed by atoms with Crippen molar-refractivity contribution in [1.29, 1.82) is 0 Å². The fraction of sp³-hybridized carbons (Fsp3) is 0.765. The Morgan fingerprint density at radius 1 is 0.769 bits per heavy atom. The summed E-state index contributed by atoms with van der Waals surface area (Å²) in [5.74, 6) is -0.723. The van der Waals surface area contributed by atoms with Crippen LogP contribution in [0.4, 0.5) is 0 Å². The first-order valence-corrected chi connectivity index (χ1v) is 9.05. The number of amides is 4. The normalized spacial score (nSPS) is 11.6. The number of nitrogens with one attached hydrogen (secondary N) is 4. The maximum Gasteiger partial charge on any atom is 0.239 e. The van der Waals surface area contributed by atoms with Crippen LogP contribution in [0.2, 0.25) is 0 Å². The van der Waals surface area contributed by atoms with Crippen LogP contribution in [-0.2, 0) is 19.2 Å². The summed E-state index contributed by atoms with van der Waals surface area (Å²) < 4.78 is 0. The Morgan fingerprint density at radius 2 is 1.35 bits per heavy atom. The summed E-state index contributed by atoms with van der Waals surface area (Å²) in [6, 6.07) is 0.167. The van der Waals surface area contributed by atoms with Gasteiger partial charge in [0.15, 0.2) is 0 Å². The Kier molecular flexibility index (Phi) is 12.9. The summed E-state index contributed by atoms with van der Waals surface area (Å²) in [5.41, 5.74) is 5.09. The standard InChI is InChI=1S/C17H33N5O4/c1-12(2)13(3)22-14(23)7-5-4-6-8-19-16(25)10-21-17(26)11-20-15(24)9-18/h12-13H,4-11,18H2,1-3H3,(H,19,25)(H,20,24)(H,21,26)(H,22,23)/t13-/m1/s1. The molecule has 0 saturated carbocycles. The molecule has 0 aromatic rings. The van der Waals surface area contributed by atoms with Crippen LogP contribution in [0.25, 0.3) is 0 Å². The Balaban J connectivity index is 3.61. The van der Waals surface area contributed by atoms with Gasteiger partial charge in [0, 0.05) is 19.0 Å². The molecule has 0 bridgehead atoms. The first-order chi connectivity index (χ1) is 12.3. The number of carbonyl (C=O) groups is 4. The number of carbonyl (C=O) groups excluding carboxylic acids is 4. The summed E-state index contributed by atoms with van der Waals surface area (Å²) in [5, 5.41) is 10.3. The topological polar surface area (TPSA) is 142 Å². The van der Waals surface area contributed by atoms with Crippen molar-refractivity contribution in [2.24, 2.45) is 11.7 Å². The SMILES string of the molecule is CC(C)[C@@H](C)NC(=O)CCCCCNC(=O)CNC(=O)CNC(=O)CN. The van der Waals surface area contributed by atoms with Gasteiger partial charge >= 0.3 is 0 Å². The van der Waals surface area contributed by atoms with Gasteiger partial charge in [0.25, 0.3) is 0 Å². The van der Waals surface area contributed by atoms with Gasteiger partial charge in [-0.05, 0) is 25.7 Å². The number of hydrogen-bond donors (Lipinski definition) is 5. The third-order valence-corrected chi connectivity index (χ3v) is 3.87. The molecule has 6 N–H and O–H groups in total. The first-order valence-electron chi connectivity index (χ1n) is 9.05. The molecule has 26 heavy (non-hydrogen) atoms. The predicted octanol–water partition coefficient (Wildman–Crippen LogP) is -0.985. The van der Waals surface area contributed by atoms with E-state index in [0.29, 0.717) is 18.9 Å². The first kappa shape index (κ1) is 23.8. The second kappa shape index (κ2) is 14.1. The van der Waals surface area contributed by atoms with Crippen LogP contribution in [0.3, 0.4) is 0 Å². The zero-order valence-electron chi connectivity index (χ0n) is 16.0. The van der Waals surface area contributed by atoms with Crippen molar-refractivity contribution in [3.8, 4) is 0 Å². The largest absolute Gasteiger partial charge is 0.355 e. The van der Waals surface area contributed by atoms with E-state index in [1.165, 1.54) is 0 Å². The quantitative estimate of drug-likeness (QED) is 0.264. The smallest absolute Gasteiger partial charge is 0.239 e. The molecule has 0 rings (SSSR count). The van der Waals surface area contributed by atoms with Crippen molar-refractivity contribution in [3.63, 3.8) is 0 Å². The van der Waals surface area contributed by atoms with E-state index >= 15 is 0 Å². The van der Waals surface area contributed by atoms with E-state index in [4.69, 9.17) is 5.73 Å². The maximum absolute atomic E-state index is 11.7. The van der Waals surface area contributed by atoms with E-state index in [9.17, 15) is 19.2 Å². The Morgan fingerprint density at radius 3 is 1.92 bits per heavy atom. The van der Waals surface area contributed by atoms with Crippen molar-refractivity contribution in [2.75, 3.05) is 26.2 Å². The molecular formula is C17H33N5O4. The molecule has 0 fully saturated rings. The van der Waals surface area contributed by atoms with Gasteiger partial charge in [-0.2, -0.15) is 0 Å². The van der Waals surface area contributed by atoms with Gasteiger partial charge in [-0.3, -0.25) is 19.2 Å².